The molecule has 0 aliphatic rings. The normalized spacial score (nSPS) is 10.4. The number of rotatable bonds is 3. The Hall–Kier alpha value is -1.97. The summed E-state index contributed by atoms with van der Waals surface area (Å²) in [5, 5.41) is 4.33. The molecule has 2 rings (SSSR count). The van der Waals surface area contributed by atoms with Crippen molar-refractivity contribution in [2.24, 2.45) is 7.05 Å². The van der Waals surface area contributed by atoms with Crippen LogP contribution in [0.2, 0.25) is 0 Å². The van der Waals surface area contributed by atoms with E-state index in [1.807, 2.05) is 42.9 Å². The topological polar surface area (TPSA) is 36.3 Å². The number of methoxy groups -OCH3 is 2. The molecule has 0 N–H and O–H groups in total. The summed E-state index contributed by atoms with van der Waals surface area (Å²) in [5.74, 6) is 1.46. The zero-order valence-electron chi connectivity index (χ0n) is 10.5. The van der Waals surface area contributed by atoms with E-state index in [0.29, 0.717) is 0 Å². The second-order valence-electron chi connectivity index (χ2n) is 3.86. The monoisotopic (exact) mass is 232 g/mol. The molecule has 90 valence electrons. The summed E-state index contributed by atoms with van der Waals surface area (Å²) in [7, 11) is 5.20. The molecule has 2 aromatic rings. The molecular formula is C13H16N2O2. The molecule has 4 heteroatoms. The van der Waals surface area contributed by atoms with Crippen molar-refractivity contribution in [1.29, 1.82) is 0 Å². The highest BCUT2D eigenvalue weighted by atomic mass is 16.5. The molecule has 0 amide bonds. The summed E-state index contributed by atoms with van der Waals surface area (Å²) in [6, 6.07) is 7.89. The SMILES string of the molecule is COc1ccc(-c2cc(C)nn2C)cc1OC. The van der Waals surface area contributed by atoms with E-state index in [4.69, 9.17) is 9.47 Å². The summed E-state index contributed by atoms with van der Waals surface area (Å²) < 4.78 is 12.4. The number of hydrogen-bond acceptors (Lipinski definition) is 3. The predicted octanol–water partition coefficient (Wildman–Crippen LogP) is 2.41. The number of nitrogens with zero attached hydrogens (tertiary/aromatic N) is 2. The van der Waals surface area contributed by atoms with Crippen molar-refractivity contribution in [1.82, 2.24) is 9.78 Å². The fourth-order valence-corrected chi connectivity index (χ4v) is 1.88. The van der Waals surface area contributed by atoms with Gasteiger partial charge in [-0.2, -0.15) is 5.10 Å². The maximum absolute atomic E-state index is 5.29. The van der Waals surface area contributed by atoms with E-state index in [0.717, 1.165) is 28.5 Å². The van der Waals surface area contributed by atoms with Crippen molar-refractivity contribution in [3.8, 4) is 22.8 Å². The van der Waals surface area contributed by atoms with Gasteiger partial charge in [-0.1, -0.05) is 0 Å². The zero-order valence-corrected chi connectivity index (χ0v) is 10.5. The summed E-state index contributed by atoms with van der Waals surface area (Å²) in [5.41, 5.74) is 3.12. The third-order valence-electron chi connectivity index (χ3n) is 2.68. The lowest BCUT2D eigenvalue weighted by Gasteiger charge is -2.09. The first-order chi connectivity index (χ1) is 8.15. The lowest BCUT2D eigenvalue weighted by molar-refractivity contribution is 0.355. The van der Waals surface area contributed by atoms with Gasteiger partial charge in [0.1, 0.15) is 0 Å². The van der Waals surface area contributed by atoms with E-state index < -0.39 is 0 Å². The molecule has 0 bridgehead atoms. The molecule has 0 saturated heterocycles. The smallest absolute Gasteiger partial charge is 0.161 e. The molecule has 1 aromatic heterocycles. The summed E-state index contributed by atoms with van der Waals surface area (Å²) >= 11 is 0. The van der Waals surface area contributed by atoms with E-state index in [9.17, 15) is 0 Å². The summed E-state index contributed by atoms with van der Waals surface area (Å²) in [6.45, 7) is 1.98. The Morgan fingerprint density at radius 1 is 1.06 bits per heavy atom. The number of ether oxygens (including phenoxy) is 2. The van der Waals surface area contributed by atoms with Crippen LogP contribution in [-0.2, 0) is 7.05 Å². The lowest BCUT2D eigenvalue weighted by Crippen LogP contribution is -1.95. The van der Waals surface area contributed by atoms with Gasteiger partial charge in [0.25, 0.3) is 0 Å². The van der Waals surface area contributed by atoms with Crippen LogP contribution in [0, 0.1) is 6.92 Å². The lowest BCUT2D eigenvalue weighted by atomic mass is 10.1. The van der Waals surface area contributed by atoms with Crippen LogP contribution in [-0.4, -0.2) is 24.0 Å². The standard InChI is InChI=1S/C13H16N2O2/c1-9-7-11(15(2)14-9)10-5-6-12(16-3)13(8-10)17-4/h5-8H,1-4H3. The second-order valence-corrected chi connectivity index (χ2v) is 3.86. The van der Waals surface area contributed by atoms with Gasteiger partial charge in [0.2, 0.25) is 0 Å². The van der Waals surface area contributed by atoms with E-state index in [1.54, 1.807) is 14.2 Å². The molecule has 1 heterocycles. The van der Waals surface area contributed by atoms with Crippen LogP contribution >= 0.6 is 0 Å². The molecular weight excluding hydrogens is 216 g/mol. The van der Waals surface area contributed by atoms with Crippen LogP contribution in [0.3, 0.4) is 0 Å². The first kappa shape index (κ1) is 11.5. The number of aryl methyl sites for hydroxylation is 2. The van der Waals surface area contributed by atoms with Gasteiger partial charge in [0.15, 0.2) is 11.5 Å². The minimum atomic E-state index is 0.726. The third kappa shape index (κ3) is 2.11. The molecule has 0 aliphatic carbocycles. The Bertz CT molecular complexity index is 532. The molecule has 0 spiro atoms. The van der Waals surface area contributed by atoms with Gasteiger partial charge in [-0.15, -0.1) is 0 Å². The van der Waals surface area contributed by atoms with Crippen LogP contribution < -0.4 is 9.47 Å². The van der Waals surface area contributed by atoms with Crippen molar-refractivity contribution in [2.45, 2.75) is 6.92 Å². The number of aromatic nitrogens is 2. The quantitative estimate of drug-likeness (QED) is 0.815. The van der Waals surface area contributed by atoms with Crippen LogP contribution in [0.4, 0.5) is 0 Å². The Morgan fingerprint density at radius 3 is 2.29 bits per heavy atom. The first-order valence-corrected chi connectivity index (χ1v) is 5.38. The molecule has 17 heavy (non-hydrogen) atoms. The van der Waals surface area contributed by atoms with Gasteiger partial charge in [0, 0.05) is 12.6 Å². The van der Waals surface area contributed by atoms with Gasteiger partial charge in [-0.25, -0.2) is 0 Å². The highest BCUT2D eigenvalue weighted by Crippen LogP contribution is 2.32. The highest BCUT2D eigenvalue weighted by Gasteiger charge is 2.09. The van der Waals surface area contributed by atoms with Gasteiger partial charge in [-0.05, 0) is 31.2 Å². The molecule has 0 saturated carbocycles. The molecule has 0 aliphatic heterocycles. The average molecular weight is 232 g/mol. The van der Waals surface area contributed by atoms with Crippen molar-refractivity contribution in [3.63, 3.8) is 0 Å². The third-order valence-corrected chi connectivity index (χ3v) is 2.68. The van der Waals surface area contributed by atoms with E-state index in [-0.39, 0.29) is 0 Å². The fraction of sp³-hybridized carbons (Fsp3) is 0.308. The van der Waals surface area contributed by atoms with Crippen molar-refractivity contribution in [3.05, 3.63) is 30.0 Å². The number of benzene rings is 1. The van der Waals surface area contributed by atoms with E-state index in [1.165, 1.54) is 0 Å². The maximum atomic E-state index is 5.29. The fourth-order valence-electron chi connectivity index (χ4n) is 1.88. The van der Waals surface area contributed by atoms with Gasteiger partial charge in [-0.3, -0.25) is 4.68 Å². The van der Waals surface area contributed by atoms with Crippen LogP contribution in [0.15, 0.2) is 24.3 Å². The minimum Gasteiger partial charge on any atom is -0.493 e. The average Bonchev–Trinajstić information content (AvgIpc) is 2.67. The molecule has 4 nitrogen and oxygen atoms in total. The van der Waals surface area contributed by atoms with Gasteiger partial charge < -0.3 is 9.47 Å². The van der Waals surface area contributed by atoms with Crippen molar-refractivity contribution >= 4 is 0 Å². The van der Waals surface area contributed by atoms with Crippen molar-refractivity contribution < 1.29 is 9.47 Å². The Labute approximate surface area is 101 Å². The molecule has 1 aromatic carbocycles. The van der Waals surface area contributed by atoms with Crippen LogP contribution in [0.25, 0.3) is 11.3 Å². The molecule has 0 unspecified atom stereocenters. The van der Waals surface area contributed by atoms with Crippen LogP contribution in [0.1, 0.15) is 5.69 Å². The van der Waals surface area contributed by atoms with E-state index >= 15 is 0 Å². The second kappa shape index (κ2) is 4.49. The Morgan fingerprint density at radius 2 is 1.76 bits per heavy atom. The predicted molar refractivity (Wildman–Crippen MR) is 66.5 cm³/mol. The first-order valence-electron chi connectivity index (χ1n) is 5.38. The van der Waals surface area contributed by atoms with E-state index in [2.05, 4.69) is 5.10 Å². The Kier molecular flexibility index (Phi) is 3.04. The van der Waals surface area contributed by atoms with Gasteiger partial charge in [0.05, 0.1) is 25.6 Å². The Balaban J connectivity index is 2.50. The summed E-state index contributed by atoms with van der Waals surface area (Å²) in [4.78, 5) is 0. The van der Waals surface area contributed by atoms with Gasteiger partial charge >= 0.3 is 0 Å². The van der Waals surface area contributed by atoms with Crippen molar-refractivity contribution in [2.75, 3.05) is 14.2 Å². The zero-order chi connectivity index (χ0) is 12.4. The molecule has 0 fully saturated rings. The maximum Gasteiger partial charge on any atom is 0.161 e. The summed E-state index contributed by atoms with van der Waals surface area (Å²) in [6.07, 6.45) is 0. The van der Waals surface area contributed by atoms with Crippen LogP contribution in [0.5, 0.6) is 11.5 Å². The highest BCUT2D eigenvalue weighted by molar-refractivity contribution is 5.64. The largest absolute Gasteiger partial charge is 0.493 e. The minimum absolute atomic E-state index is 0.726. The molecule has 0 atom stereocenters. The molecule has 0 radical (unpaired) electrons. The number of hydrogen-bond donors (Lipinski definition) is 0.